The molecule has 1 unspecified atom stereocenters. The molecule has 33 heavy (non-hydrogen) atoms. The Kier molecular flexibility index (Phi) is 5.06. The number of carbonyl (C=O) groups is 2. The average molecular weight is 441 g/mol. The predicted octanol–water partition coefficient (Wildman–Crippen LogP) is 4.21. The van der Waals surface area contributed by atoms with Gasteiger partial charge in [-0.15, -0.1) is 0 Å². The first-order valence-corrected chi connectivity index (χ1v) is 10.4. The second-order valence-electron chi connectivity index (χ2n) is 7.90. The van der Waals surface area contributed by atoms with Crippen molar-refractivity contribution >= 4 is 39.8 Å². The summed E-state index contributed by atoms with van der Waals surface area (Å²) >= 11 is 0. The van der Waals surface area contributed by atoms with Crippen LogP contribution in [0.4, 0.5) is 17.2 Å². The van der Waals surface area contributed by atoms with Gasteiger partial charge in [0.05, 0.1) is 23.1 Å². The average Bonchev–Trinajstić information content (AvgIpc) is 3.22. The number of anilines is 2. The zero-order chi connectivity index (χ0) is 22.9. The van der Waals surface area contributed by atoms with Gasteiger partial charge in [-0.25, -0.2) is 4.68 Å². The van der Waals surface area contributed by atoms with Crippen molar-refractivity contribution in [2.45, 2.75) is 13.0 Å². The SMILES string of the molecule is O=C(CC1Cn2nc(-c3ccc4ccccc4c3)cc2NC1=O)Nc1ccc([N+](=O)[O-])cc1. The van der Waals surface area contributed by atoms with E-state index in [9.17, 15) is 19.7 Å². The van der Waals surface area contributed by atoms with Gasteiger partial charge in [0.25, 0.3) is 5.69 Å². The van der Waals surface area contributed by atoms with Crippen LogP contribution in [0.5, 0.6) is 0 Å². The van der Waals surface area contributed by atoms with Crippen molar-refractivity contribution in [3.05, 3.63) is 82.9 Å². The number of fused-ring (bicyclic) bond motifs is 2. The minimum atomic E-state index is -0.583. The lowest BCUT2D eigenvalue weighted by Gasteiger charge is -2.22. The summed E-state index contributed by atoms with van der Waals surface area (Å²) in [5.74, 6) is -0.587. The Labute approximate surface area is 188 Å². The minimum absolute atomic E-state index is 0.0343. The summed E-state index contributed by atoms with van der Waals surface area (Å²) in [4.78, 5) is 35.3. The fraction of sp³-hybridized carbons (Fsp3) is 0.125. The van der Waals surface area contributed by atoms with Crippen molar-refractivity contribution in [2.24, 2.45) is 5.92 Å². The van der Waals surface area contributed by atoms with E-state index in [1.54, 1.807) is 4.68 Å². The molecule has 0 saturated heterocycles. The highest BCUT2D eigenvalue weighted by molar-refractivity contribution is 5.99. The molecule has 3 aromatic carbocycles. The van der Waals surface area contributed by atoms with Gasteiger partial charge in [-0.05, 0) is 29.0 Å². The molecule has 0 saturated carbocycles. The second-order valence-corrected chi connectivity index (χ2v) is 7.90. The molecular weight excluding hydrogens is 422 g/mol. The number of hydrogen-bond acceptors (Lipinski definition) is 5. The van der Waals surface area contributed by atoms with E-state index < -0.39 is 10.8 Å². The van der Waals surface area contributed by atoms with E-state index in [0.717, 1.165) is 22.0 Å². The summed E-state index contributed by atoms with van der Waals surface area (Å²) in [6.07, 6.45) is -0.0343. The van der Waals surface area contributed by atoms with E-state index in [-0.39, 0.29) is 30.5 Å². The van der Waals surface area contributed by atoms with Crippen LogP contribution < -0.4 is 10.6 Å². The Bertz CT molecular complexity index is 1390. The van der Waals surface area contributed by atoms with Crippen LogP contribution in [0.2, 0.25) is 0 Å². The number of nitro benzene ring substituents is 1. The van der Waals surface area contributed by atoms with Crippen LogP contribution in [0.1, 0.15) is 6.42 Å². The largest absolute Gasteiger partial charge is 0.326 e. The third-order valence-corrected chi connectivity index (χ3v) is 5.63. The molecule has 4 aromatic rings. The number of rotatable bonds is 5. The summed E-state index contributed by atoms with van der Waals surface area (Å²) in [5, 5.41) is 23.1. The molecule has 1 aliphatic rings. The normalized spacial score (nSPS) is 15.0. The highest BCUT2D eigenvalue weighted by atomic mass is 16.6. The van der Waals surface area contributed by atoms with Gasteiger partial charge in [-0.2, -0.15) is 5.10 Å². The number of non-ortho nitro benzene ring substituents is 1. The molecule has 0 radical (unpaired) electrons. The molecule has 164 valence electrons. The molecule has 0 spiro atoms. The van der Waals surface area contributed by atoms with Gasteiger partial charge in [0, 0.05) is 35.9 Å². The fourth-order valence-electron chi connectivity index (χ4n) is 3.93. The maximum atomic E-state index is 12.6. The van der Waals surface area contributed by atoms with Gasteiger partial charge in [-0.3, -0.25) is 19.7 Å². The third-order valence-electron chi connectivity index (χ3n) is 5.63. The summed E-state index contributed by atoms with van der Waals surface area (Å²) in [6, 6.07) is 21.5. The molecule has 2 amide bonds. The molecule has 9 heteroatoms. The van der Waals surface area contributed by atoms with E-state index in [2.05, 4.69) is 21.8 Å². The van der Waals surface area contributed by atoms with Crippen molar-refractivity contribution in [3.63, 3.8) is 0 Å². The summed E-state index contributed by atoms with van der Waals surface area (Å²) in [7, 11) is 0. The van der Waals surface area contributed by atoms with E-state index in [0.29, 0.717) is 11.5 Å². The number of nitrogens with one attached hydrogen (secondary N) is 2. The van der Waals surface area contributed by atoms with Gasteiger partial charge in [0.15, 0.2) is 0 Å². The summed E-state index contributed by atoms with van der Waals surface area (Å²) < 4.78 is 1.70. The molecule has 9 nitrogen and oxygen atoms in total. The maximum absolute atomic E-state index is 12.6. The topological polar surface area (TPSA) is 119 Å². The lowest BCUT2D eigenvalue weighted by atomic mass is 10.0. The molecule has 0 fully saturated rings. The number of benzene rings is 3. The number of hydrogen-bond donors (Lipinski definition) is 2. The second kappa shape index (κ2) is 8.19. The Morgan fingerprint density at radius 3 is 2.61 bits per heavy atom. The highest BCUT2D eigenvalue weighted by Crippen LogP contribution is 2.29. The van der Waals surface area contributed by atoms with Gasteiger partial charge < -0.3 is 10.6 Å². The van der Waals surface area contributed by atoms with E-state index in [1.165, 1.54) is 24.3 Å². The van der Waals surface area contributed by atoms with Gasteiger partial charge in [-0.1, -0.05) is 36.4 Å². The van der Waals surface area contributed by atoms with Crippen LogP contribution in [0.25, 0.3) is 22.0 Å². The van der Waals surface area contributed by atoms with Crippen LogP contribution in [-0.2, 0) is 16.1 Å². The maximum Gasteiger partial charge on any atom is 0.269 e. The summed E-state index contributed by atoms with van der Waals surface area (Å²) in [6.45, 7) is 0.280. The Morgan fingerprint density at radius 1 is 1.09 bits per heavy atom. The highest BCUT2D eigenvalue weighted by Gasteiger charge is 2.29. The van der Waals surface area contributed by atoms with Crippen molar-refractivity contribution in [3.8, 4) is 11.3 Å². The van der Waals surface area contributed by atoms with Crippen LogP contribution >= 0.6 is 0 Å². The third kappa shape index (κ3) is 4.16. The van der Waals surface area contributed by atoms with Gasteiger partial charge in [0.2, 0.25) is 11.8 Å². The van der Waals surface area contributed by atoms with Gasteiger partial charge in [0.1, 0.15) is 5.82 Å². The zero-order valence-electron chi connectivity index (χ0n) is 17.4. The van der Waals surface area contributed by atoms with Gasteiger partial charge >= 0.3 is 0 Å². The predicted molar refractivity (Wildman–Crippen MR) is 124 cm³/mol. The quantitative estimate of drug-likeness (QED) is 0.355. The van der Waals surface area contributed by atoms with Crippen molar-refractivity contribution in [1.29, 1.82) is 0 Å². The first-order chi connectivity index (χ1) is 16.0. The molecular formula is C24H19N5O4. The molecule has 5 rings (SSSR count). The van der Waals surface area contributed by atoms with Crippen molar-refractivity contribution in [2.75, 3.05) is 10.6 Å². The molecule has 1 atom stereocenters. The number of nitrogens with zero attached hydrogens (tertiary/aromatic N) is 3. The smallest absolute Gasteiger partial charge is 0.269 e. The van der Waals surface area contributed by atoms with Crippen LogP contribution in [0.3, 0.4) is 0 Å². The number of amides is 2. The molecule has 0 aliphatic carbocycles. The standard InChI is InChI=1S/C24H19N5O4/c30-23(25-19-7-9-20(10-8-19)29(32)33)12-18-14-28-22(26-24(18)31)13-21(27-28)17-6-5-15-3-1-2-4-16(15)11-17/h1-11,13,18H,12,14H2,(H,25,30)(H,26,31). The van der Waals surface area contributed by atoms with E-state index >= 15 is 0 Å². The summed E-state index contributed by atoms with van der Waals surface area (Å²) in [5.41, 5.74) is 2.05. The molecule has 2 N–H and O–H groups in total. The minimum Gasteiger partial charge on any atom is -0.326 e. The van der Waals surface area contributed by atoms with Crippen LogP contribution in [-0.4, -0.2) is 26.5 Å². The Balaban J connectivity index is 1.29. The lowest BCUT2D eigenvalue weighted by molar-refractivity contribution is -0.384. The van der Waals surface area contributed by atoms with E-state index in [4.69, 9.17) is 0 Å². The van der Waals surface area contributed by atoms with E-state index in [1.807, 2.05) is 42.5 Å². The first kappa shape index (κ1) is 20.4. The number of aromatic nitrogens is 2. The number of carbonyl (C=O) groups excluding carboxylic acids is 2. The zero-order valence-corrected chi connectivity index (χ0v) is 17.4. The van der Waals surface area contributed by atoms with Crippen LogP contribution in [0, 0.1) is 16.0 Å². The monoisotopic (exact) mass is 441 g/mol. The number of nitro groups is 1. The Hall–Kier alpha value is -4.53. The Morgan fingerprint density at radius 2 is 1.85 bits per heavy atom. The molecule has 2 heterocycles. The first-order valence-electron chi connectivity index (χ1n) is 10.4. The molecule has 1 aromatic heterocycles. The van der Waals surface area contributed by atoms with Crippen LogP contribution in [0.15, 0.2) is 72.8 Å². The van der Waals surface area contributed by atoms with Crippen molar-refractivity contribution in [1.82, 2.24) is 9.78 Å². The lowest BCUT2D eigenvalue weighted by Crippen LogP contribution is -2.35. The molecule has 1 aliphatic heterocycles. The molecule has 0 bridgehead atoms. The fourth-order valence-corrected chi connectivity index (χ4v) is 3.93. The van der Waals surface area contributed by atoms with Crippen molar-refractivity contribution < 1.29 is 14.5 Å².